The van der Waals surface area contributed by atoms with Gasteiger partial charge in [0.1, 0.15) is 0 Å². The average molecular weight is 277 g/mol. The summed E-state index contributed by atoms with van der Waals surface area (Å²) in [5.41, 5.74) is 0.128. The van der Waals surface area contributed by atoms with E-state index < -0.39 is 5.97 Å². The smallest absolute Gasteiger partial charge is 0.341 e. The number of halogens is 1. The number of carbonyl (C=O) groups is 2. The molecular weight excluding hydrogens is 260 g/mol. The third-order valence-corrected chi connectivity index (χ3v) is 2.42. The average Bonchev–Trinajstić information content (AvgIpc) is 2.25. The first-order valence-electron chi connectivity index (χ1n) is 5.09. The molecule has 4 heteroatoms. The molecule has 0 aromatic rings. The van der Waals surface area contributed by atoms with E-state index in [1.807, 2.05) is 0 Å². The number of carbonyl (C=O) groups excluding carboxylic acids is 2. The molecule has 0 atom stereocenters. The van der Waals surface area contributed by atoms with E-state index in [0.29, 0.717) is 6.61 Å². The predicted molar refractivity (Wildman–Crippen MR) is 63.0 cm³/mol. The van der Waals surface area contributed by atoms with Crippen molar-refractivity contribution >= 4 is 27.7 Å². The summed E-state index contributed by atoms with van der Waals surface area (Å²) in [6, 6.07) is 0. The number of allylic oxidation sites excluding steroid dienone is 1. The third kappa shape index (κ3) is 5.72. The maximum atomic E-state index is 11.4. The molecule has 15 heavy (non-hydrogen) atoms. The Morgan fingerprint density at radius 3 is 2.47 bits per heavy atom. The molecule has 0 N–H and O–H groups in total. The van der Waals surface area contributed by atoms with E-state index in [1.165, 1.54) is 6.08 Å². The van der Waals surface area contributed by atoms with Gasteiger partial charge in [-0.15, -0.1) is 0 Å². The molecule has 0 bridgehead atoms. The van der Waals surface area contributed by atoms with Gasteiger partial charge < -0.3 is 4.74 Å². The van der Waals surface area contributed by atoms with Gasteiger partial charge in [0.2, 0.25) is 0 Å². The second-order valence-electron chi connectivity index (χ2n) is 3.10. The number of hydrogen-bond acceptors (Lipinski definition) is 3. The molecule has 3 nitrogen and oxygen atoms in total. The van der Waals surface area contributed by atoms with Gasteiger partial charge in [-0.25, -0.2) is 4.79 Å². The van der Waals surface area contributed by atoms with Crippen molar-refractivity contribution in [2.24, 2.45) is 0 Å². The van der Waals surface area contributed by atoms with Gasteiger partial charge in [0.05, 0.1) is 17.5 Å². The molecule has 0 heterocycles. The monoisotopic (exact) mass is 276 g/mol. The van der Waals surface area contributed by atoms with Crippen LogP contribution in [0.4, 0.5) is 0 Å². The Kier molecular flexibility index (Phi) is 8.28. The standard InChI is InChI=1S/C11H17BrO3/c1-3-5-6-7-15-11(14)9(4-2)10(13)8-12/h4H,3,5-8H2,1-2H3/b9-4-. The first-order chi connectivity index (χ1) is 7.17. The number of hydrogen-bond donors (Lipinski definition) is 0. The quantitative estimate of drug-likeness (QED) is 0.179. The molecule has 0 rings (SSSR count). The largest absolute Gasteiger partial charge is 0.462 e. The molecule has 0 radical (unpaired) electrons. The number of ether oxygens (including phenoxy) is 1. The molecule has 0 aromatic carbocycles. The van der Waals surface area contributed by atoms with Crippen LogP contribution in [-0.4, -0.2) is 23.7 Å². The van der Waals surface area contributed by atoms with E-state index >= 15 is 0 Å². The molecule has 0 saturated heterocycles. The van der Waals surface area contributed by atoms with E-state index in [4.69, 9.17) is 4.74 Å². The second kappa shape index (κ2) is 8.65. The van der Waals surface area contributed by atoms with E-state index in [1.54, 1.807) is 6.92 Å². The molecule has 0 saturated carbocycles. The topological polar surface area (TPSA) is 43.4 Å². The van der Waals surface area contributed by atoms with Crippen LogP contribution < -0.4 is 0 Å². The Hall–Kier alpha value is -0.640. The van der Waals surface area contributed by atoms with E-state index in [0.717, 1.165) is 19.3 Å². The van der Waals surface area contributed by atoms with Crippen molar-refractivity contribution in [2.75, 3.05) is 11.9 Å². The lowest BCUT2D eigenvalue weighted by Gasteiger charge is -2.05. The fraction of sp³-hybridized carbons (Fsp3) is 0.636. The number of rotatable bonds is 7. The summed E-state index contributed by atoms with van der Waals surface area (Å²) in [6.45, 7) is 4.12. The zero-order chi connectivity index (χ0) is 11.7. The molecular formula is C11H17BrO3. The zero-order valence-corrected chi connectivity index (χ0v) is 10.8. The maximum absolute atomic E-state index is 11.4. The third-order valence-electron chi connectivity index (χ3n) is 1.91. The molecule has 0 aliphatic rings. The molecule has 0 aliphatic heterocycles. The van der Waals surface area contributed by atoms with Gasteiger partial charge in [0, 0.05) is 0 Å². The Morgan fingerprint density at radius 1 is 1.33 bits per heavy atom. The summed E-state index contributed by atoms with van der Waals surface area (Å²) >= 11 is 3.02. The summed E-state index contributed by atoms with van der Waals surface area (Å²) in [6.07, 6.45) is 4.45. The highest BCUT2D eigenvalue weighted by Crippen LogP contribution is 2.04. The fourth-order valence-corrected chi connectivity index (χ4v) is 1.36. The Morgan fingerprint density at radius 2 is 2.00 bits per heavy atom. The predicted octanol–water partition coefficient (Wildman–Crippen LogP) is 2.63. The summed E-state index contributed by atoms with van der Waals surface area (Å²) in [5.74, 6) is -0.754. The van der Waals surface area contributed by atoms with Crippen LogP contribution in [0.25, 0.3) is 0 Å². The van der Waals surface area contributed by atoms with Crippen LogP contribution in [0.2, 0.25) is 0 Å². The van der Waals surface area contributed by atoms with Gasteiger partial charge in [-0.2, -0.15) is 0 Å². The van der Waals surface area contributed by atoms with Crippen molar-refractivity contribution in [3.8, 4) is 0 Å². The van der Waals surface area contributed by atoms with E-state index in [9.17, 15) is 9.59 Å². The van der Waals surface area contributed by atoms with Crippen LogP contribution in [0, 0.1) is 0 Å². The number of Topliss-reactive ketones (excluding diaryl/α,β-unsaturated/α-hetero) is 1. The number of alkyl halides is 1. The molecule has 0 fully saturated rings. The van der Waals surface area contributed by atoms with Gasteiger partial charge >= 0.3 is 5.97 Å². The highest BCUT2D eigenvalue weighted by atomic mass is 79.9. The first kappa shape index (κ1) is 14.4. The van der Waals surface area contributed by atoms with Crippen molar-refractivity contribution in [3.63, 3.8) is 0 Å². The van der Waals surface area contributed by atoms with Crippen LogP contribution in [-0.2, 0) is 14.3 Å². The SMILES string of the molecule is C/C=C(/C(=O)CBr)C(=O)OCCCCC. The lowest BCUT2D eigenvalue weighted by atomic mass is 10.2. The Balaban J connectivity index is 4.02. The summed E-state index contributed by atoms with van der Waals surface area (Å²) in [4.78, 5) is 22.7. The van der Waals surface area contributed by atoms with E-state index in [-0.39, 0.29) is 16.7 Å². The minimum Gasteiger partial charge on any atom is -0.462 e. The van der Waals surface area contributed by atoms with Crippen molar-refractivity contribution < 1.29 is 14.3 Å². The second-order valence-corrected chi connectivity index (χ2v) is 3.66. The van der Waals surface area contributed by atoms with Crippen molar-refractivity contribution in [1.29, 1.82) is 0 Å². The highest BCUT2D eigenvalue weighted by Gasteiger charge is 2.16. The Labute approximate surface area is 99.0 Å². The number of ketones is 1. The zero-order valence-electron chi connectivity index (χ0n) is 9.22. The van der Waals surface area contributed by atoms with Crippen LogP contribution in [0.5, 0.6) is 0 Å². The summed E-state index contributed by atoms with van der Waals surface area (Å²) < 4.78 is 4.97. The van der Waals surface area contributed by atoms with Crippen molar-refractivity contribution in [3.05, 3.63) is 11.6 Å². The van der Waals surface area contributed by atoms with Crippen LogP contribution >= 0.6 is 15.9 Å². The van der Waals surface area contributed by atoms with Crippen LogP contribution in [0.3, 0.4) is 0 Å². The number of unbranched alkanes of at least 4 members (excludes halogenated alkanes) is 2. The highest BCUT2D eigenvalue weighted by molar-refractivity contribution is 9.09. The lowest BCUT2D eigenvalue weighted by molar-refractivity contribution is -0.140. The van der Waals surface area contributed by atoms with Gasteiger partial charge in [-0.05, 0) is 13.3 Å². The summed E-state index contributed by atoms with van der Waals surface area (Å²) in [5, 5.41) is 0.150. The van der Waals surface area contributed by atoms with Crippen molar-refractivity contribution in [2.45, 2.75) is 33.1 Å². The summed E-state index contributed by atoms with van der Waals surface area (Å²) in [7, 11) is 0. The minimum absolute atomic E-state index is 0.128. The van der Waals surface area contributed by atoms with Gasteiger partial charge in [0.25, 0.3) is 0 Å². The molecule has 0 amide bonds. The minimum atomic E-state index is -0.516. The van der Waals surface area contributed by atoms with Crippen LogP contribution in [0.1, 0.15) is 33.1 Å². The van der Waals surface area contributed by atoms with Gasteiger partial charge in [0.15, 0.2) is 5.78 Å². The van der Waals surface area contributed by atoms with Gasteiger partial charge in [-0.1, -0.05) is 41.8 Å². The molecule has 0 aromatic heterocycles. The fourth-order valence-electron chi connectivity index (χ4n) is 1.06. The Bertz CT molecular complexity index is 246. The van der Waals surface area contributed by atoms with Gasteiger partial charge in [-0.3, -0.25) is 4.79 Å². The van der Waals surface area contributed by atoms with E-state index in [2.05, 4.69) is 22.9 Å². The number of esters is 1. The van der Waals surface area contributed by atoms with Crippen molar-refractivity contribution in [1.82, 2.24) is 0 Å². The molecule has 86 valence electrons. The molecule has 0 spiro atoms. The van der Waals surface area contributed by atoms with Crippen LogP contribution in [0.15, 0.2) is 11.6 Å². The molecule has 0 unspecified atom stereocenters. The maximum Gasteiger partial charge on any atom is 0.341 e. The molecule has 0 aliphatic carbocycles. The first-order valence-corrected chi connectivity index (χ1v) is 6.22. The lowest BCUT2D eigenvalue weighted by Crippen LogP contribution is -2.17. The normalized spacial score (nSPS) is 11.3.